The minimum atomic E-state index is -1.13. The lowest BCUT2D eigenvalue weighted by Gasteiger charge is -2.37. The molecule has 2 unspecified atom stereocenters. The van der Waals surface area contributed by atoms with Gasteiger partial charge in [-0.3, -0.25) is 4.90 Å². The van der Waals surface area contributed by atoms with Crippen molar-refractivity contribution in [1.82, 2.24) is 4.90 Å². The second-order valence-electron chi connectivity index (χ2n) is 5.65. The third-order valence-electron chi connectivity index (χ3n) is 4.43. The molecule has 4 nitrogen and oxygen atoms in total. The van der Waals surface area contributed by atoms with Crippen molar-refractivity contribution in [1.29, 1.82) is 0 Å². The van der Waals surface area contributed by atoms with Crippen LogP contribution in [0, 0.1) is 17.6 Å². The van der Waals surface area contributed by atoms with Gasteiger partial charge in [-0.05, 0) is 50.9 Å². The highest BCUT2D eigenvalue weighted by Gasteiger charge is 2.33. The lowest BCUT2D eigenvalue weighted by molar-refractivity contribution is -0.154. The molecule has 1 saturated heterocycles. The number of aliphatic hydroxyl groups is 1. The lowest BCUT2D eigenvalue weighted by atomic mass is 9.90. The number of carbonyl (C=O) groups excluding carboxylic acids is 1. The van der Waals surface area contributed by atoms with E-state index in [9.17, 15) is 18.7 Å². The molecule has 2 atom stereocenters. The second kappa shape index (κ2) is 7.15. The van der Waals surface area contributed by atoms with Crippen LogP contribution in [0.4, 0.5) is 8.78 Å². The molecule has 1 fully saturated rings. The number of carbonyl (C=O) groups is 1. The van der Waals surface area contributed by atoms with E-state index < -0.39 is 29.7 Å². The topological polar surface area (TPSA) is 49.8 Å². The molecule has 0 spiro atoms. The Hall–Kier alpha value is -1.53. The maximum absolute atomic E-state index is 13.8. The lowest BCUT2D eigenvalue weighted by Crippen LogP contribution is -2.42. The summed E-state index contributed by atoms with van der Waals surface area (Å²) in [5, 5.41) is 9.86. The quantitative estimate of drug-likeness (QED) is 0.867. The molecule has 122 valence electrons. The molecule has 1 aliphatic heterocycles. The molecule has 2 rings (SSSR count). The SMILES string of the molecule is COC(=O)C(O)C1CCN(C(C)c2c(F)cccc2F)CC1. The number of nitrogens with zero attached hydrogens (tertiary/aromatic N) is 1. The molecule has 0 amide bonds. The Morgan fingerprint density at radius 1 is 1.32 bits per heavy atom. The van der Waals surface area contributed by atoms with Gasteiger partial charge in [0, 0.05) is 11.6 Å². The fourth-order valence-electron chi connectivity index (χ4n) is 3.03. The van der Waals surface area contributed by atoms with Gasteiger partial charge in [-0.25, -0.2) is 13.6 Å². The van der Waals surface area contributed by atoms with Crippen molar-refractivity contribution in [2.24, 2.45) is 5.92 Å². The summed E-state index contributed by atoms with van der Waals surface area (Å²) in [7, 11) is 1.24. The maximum atomic E-state index is 13.8. The monoisotopic (exact) mass is 313 g/mol. The molecule has 0 saturated carbocycles. The number of hydrogen-bond acceptors (Lipinski definition) is 4. The van der Waals surface area contributed by atoms with E-state index >= 15 is 0 Å². The Morgan fingerprint density at radius 3 is 2.36 bits per heavy atom. The van der Waals surface area contributed by atoms with Crippen LogP contribution in [0.5, 0.6) is 0 Å². The summed E-state index contributed by atoms with van der Waals surface area (Å²) < 4.78 is 32.2. The highest BCUT2D eigenvalue weighted by Crippen LogP contribution is 2.30. The van der Waals surface area contributed by atoms with Crippen LogP contribution in [0.2, 0.25) is 0 Å². The van der Waals surface area contributed by atoms with Gasteiger partial charge in [0.05, 0.1) is 7.11 Å². The van der Waals surface area contributed by atoms with E-state index in [4.69, 9.17) is 0 Å². The molecule has 1 aromatic rings. The fraction of sp³-hybridized carbons (Fsp3) is 0.562. The number of methoxy groups -OCH3 is 1. The molecule has 1 N–H and O–H groups in total. The summed E-state index contributed by atoms with van der Waals surface area (Å²) in [6, 6.07) is 3.46. The first-order chi connectivity index (χ1) is 10.5. The van der Waals surface area contributed by atoms with Gasteiger partial charge >= 0.3 is 5.97 Å². The number of esters is 1. The van der Waals surface area contributed by atoms with Gasteiger partial charge < -0.3 is 9.84 Å². The third kappa shape index (κ3) is 3.44. The van der Waals surface area contributed by atoms with Crippen LogP contribution in [0.25, 0.3) is 0 Å². The highest BCUT2D eigenvalue weighted by molar-refractivity contribution is 5.74. The summed E-state index contributed by atoms with van der Waals surface area (Å²) in [6.45, 7) is 2.89. The van der Waals surface area contributed by atoms with Gasteiger partial charge in [0.15, 0.2) is 6.10 Å². The average Bonchev–Trinajstić information content (AvgIpc) is 2.53. The van der Waals surface area contributed by atoms with Gasteiger partial charge in [-0.2, -0.15) is 0 Å². The molecule has 22 heavy (non-hydrogen) atoms. The molecule has 6 heteroatoms. The molecule has 0 radical (unpaired) electrons. The van der Waals surface area contributed by atoms with Gasteiger partial charge in [0.2, 0.25) is 0 Å². The molecule has 1 aromatic carbocycles. The van der Waals surface area contributed by atoms with E-state index in [1.54, 1.807) is 6.92 Å². The van der Waals surface area contributed by atoms with Crippen molar-refractivity contribution >= 4 is 5.97 Å². The Labute approximate surface area is 128 Å². The maximum Gasteiger partial charge on any atom is 0.334 e. The highest BCUT2D eigenvalue weighted by atomic mass is 19.1. The molecular weight excluding hydrogens is 292 g/mol. The largest absolute Gasteiger partial charge is 0.467 e. The Bertz CT molecular complexity index is 510. The van der Waals surface area contributed by atoms with Crippen LogP contribution in [-0.4, -0.2) is 42.3 Å². The summed E-state index contributed by atoms with van der Waals surface area (Å²) in [5.41, 5.74) is 0.0643. The fourth-order valence-corrected chi connectivity index (χ4v) is 3.03. The average molecular weight is 313 g/mol. The first-order valence-corrected chi connectivity index (χ1v) is 7.39. The van der Waals surface area contributed by atoms with Crippen molar-refractivity contribution in [2.45, 2.75) is 31.9 Å². The minimum Gasteiger partial charge on any atom is -0.467 e. The van der Waals surface area contributed by atoms with Gasteiger partial charge in [-0.1, -0.05) is 6.07 Å². The van der Waals surface area contributed by atoms with E-state index in [-0.39, 0.29) is 11.5 Å². The van der Waals surface area contributed by atoms with Crippen LogP contribution in [-0.2, 0) is 9.53 Å². The van der Waals surface area contributed by atoms with Crippen molar-refractivity contribution in [3.05, 3.63) is 35.4 Å². The molecular formula is C16H21F2NO3. The molecule has 0 bridgehead atoms. The number of aliphatic hydroxyl groups excluding tert-OH is 1. The number of halogens is 2. The molecule has 0 aliphatic carbocycles. The zero-order chi connectivity index (χ0) is 16.3. The Morgan fingerprint density at radius 2 is 1.86 bits per heavy atom. The molecule has 1 heterocycles. The third-order valence-corrected chi connectivity index (χ3v) is 4.43. The number of piperidine rings is 1. The summed E-state index contributed by atoms with van der Waals surface area (Å²) in [5.74, 6) is -1.92. The Balaban J connectivity index is 2.01. The summed E-state index contributed by atoms with van der Waals surface area (Å²) in [6.07, 6.45) is 0.0283. The normalized spacial score (nSPS) is 19.7. The second-order valence-corrected chi connectivity index (χ2v) is 5.65. The van der Waals surface area contributed by atoms with E-state index in [2.05, 4.69) is 4.74 Å². The van der Waals surface area contributed by atoms with E-state index in [0.29, 0.717) is 25.9 Å². The van der Waals surface area contributed by atoms with E-state index in [1.165, 1.54) is 25.3 Å². The summed E-state index contributed by atoms with van der Waals surface area (Å²) in [4.78, 5) is 13.3. The number of benzene rings is 1. The summed E-state index contributed by atoms with van der Waals surface area (Å²) >= 11 is 0. The van der Waals surface area contributed by atoms with Crippen molar-refractivity contribution in [3.63, 3.8) is 0 Å². The molecule has 1 aliphatic rings. The van der Waals surface area contributed by atoms with Gasteiger partial charge in [0.1, 0.15) is 11.6 Å². The number of hydrogen-bond donors (Lipinski definition) is 1. The number of ether oxygens (including phenoxy) is 1. The smallest absolute Gasteiger partial charge is 0.334 e. The Kier molecular flexibility index (Phi) is 5.47. The number of rotatable bonds is 4. The zero-order valence-corrected chi connectivity index (χ0v) is 12.8. The van der Waals surface area contributed by atoms with E-state index in [1.807, 2.05) is 4.90 Å². The predicted octanol–water partition coefficient (Wildman–Crippen LogP) is 2.27. The molecule has 0 aromatic heterocycles. The van der Waals surface area contributed by atoms with Crippen molar-refractivity contribution in [3.8, 4) is 0 Å². The van der Waals surface area contributed by atoms with Crippen molar-refractivity contribution in [2.75, 3.05) is 20.2 Å². The number of likely N-dealkylation sites (tertiary alicyclic amines) is 1. The first kappa shape index (κ1) is 16.8. The van der Waals surface area contributed by atoms with Gasteiger partial charge in [-0.15, -0.1) is 0 Å². The first-order valence-electron chi connectivity index (χ1n) is 7.39. The van der Waals surface area contributed by atoms with Crippen LogP contribution in [0.1, 0.15) is 31.4 Å². The zero-order valence-electron chi connectivity index (χ0n) is 12.8. The van der Waals surface area contributed by atoms with Crippen LogP contribution >= 0.6 is 0 Å². The van der Waals surface area contributed by atoms with Crippen LogP contribution < -0.4 is 0 Å². The predicted molar refractivity (Wildman–Crippen MR) is 77.1 cm³/mol. The van der Waals surface area contributed by atoms with Crippen molar-refractivity contribution < 1.29 is 23.4 Å². The van der Waals surface area contributed by atoms with Gasteiger partial charge in [0.25, 0.3) is 0 Å². The standard InChI is InChI=1S/C16H21F2NO3/c1-10(14-12(17)4-3-5-13(14)18)19-8-6-11(7-9-19)15(20)16(21)22-2/h3-5,10-11,15,20H,6-9H2,1-2H3. The minimum absolute atomic E-state index is 0.0643. The van der Waals surface area contributed by atoms with Crippen LogP contribution in [0.3, 0.4) is 0 Å². The van der Waals surface area contributed by atoms with E-state index in [0.717, 1.165) is 0 Å². The van der Waals surface area contributed by atoms with Crippen LogP contribution in [0.15, 0.2) is 18.2 Å².